The third-order valence-corrected chi connectivity index (χ3v) is 2.56. The summed E-state index contributed by atoms with van der Waals surface area (Å²) in [6.45, 7) is 0. The van der Waals surface area contributed by atoms with E-state index in [0.717, 1.165) is 6.07 Å². The van der Waals surface area contributed by atoms with Crippen LogP contribution in [0.15, 0.2) is 42.5 Å². The highest BCUT2D eigenvalue weighted by atomic mass is 19.1. The SMILES string of the molecule is COc1cccc(Nc2ccc(F)cc2C(=O)O)c1. The number of benzene rings is 2. The number of hydrogen-bond donors (Lipinski definition) is 2. The van der Waals surface area contributed by atoms with Crippen molar-refractivity contribution in [3.05, 3.63) is 53.8 Å². The molecule has 0 fully saturated rings. The predicted molar refractivity (Wildman–Crippen MR) is 69.6 cm³/mol. The lowest BCUT2D eigenvalue weighted by Gasteiger charge is -2.10. The Hall–Kier alpha value is -2.56. The number of nitrogens with one attached hydrogen (secondary N) is 1. The fourth-order valence-electron chi connectivity index (χ4n) is 1.66. The van der Waals surface area contributed by atoms with Gasteiger partial charge in [0.25, 0.3) is 0 Å². The van der Waals surface area contributed by atoms with E-state index in [2.05, 4.69) is 5.32 Å². The monoisotopic (exact) mass is 261 g/mol. The summed E-state index contributed by atoms with van der Waals surface area (Å²) >= 11 is 0. The third-order valence-electron chi connectivity index (χ3n) is 2.56. The fraction of sp³-hybridized carbons (Fsp3) is 0.0714. The molecule has 0 spiro atoms. The Bertz CT molecular complexity index is 613. The quantitative estimate of drug-likeness (QED) is 0.886. The van der Waals surface area contributed by atoms with Crippen LogP contribution in [0.25, 0.3) is 0 Å². The number of rotatable bonds is 4. The van der Waals surface area contributed by atoms with Crippen molar-refractivity contribution in [3.8, 4) is 5.75 Å². The van der Waals surface area contributed by atoms with Crippen LogP contribution in [-0.4, -0.2) is 18.2 Å². The Labute approximate surface area is 109 Å². The normalized spacial score (nSPS) is 10.0. The van der Waals surface area contributed by atoms with Gasteiger partial charge in [-0.2, -0.15) is 0 Å². The fourth-order valence-corrected chi connectivity index (χ4v) is 1.66. The average Bonchev–Trinajstić information content (AvgIpc) is 2.41. The number of carboxylic acid groups (broad SMARTS) is 1. The van der Waals surface area contributed by atoms with Gasteiger partial charge in [0.15, 0.2) is 0 Å². The van der Waals surface area contributed by atoms with E-state index in [-0.39, 0.29) is 5.56 Å². The standard InChI is InChI=1S/C14H12FNO3/c1-19-11-4-2-3-10(8-11)16-13-6-5-9(15)7-12(13)14(17)18/h2-8,16H,1H3,(H,17,18). The molecule has 0 atom stereocenters. The number of halogens is 1. The Balaban J connectivity index is 2.34. The summed E-state index contributed by atoms with van der Waals surface area (Å²) in [5.74, 6) is -1.14. The van der Waals surface area contributed by atoms with Crippen LogP contribution in [0.2, 0.25) is 0 Å². The number of carboxylic acids is 1. The number of methoxy groups -OCH3 is 1. The molecule has 0 aliphatic rings. The minimum absolute atomic E-state index is 0.122. The molecule has 0 heterocycles. The maximum atomic E-state index is 13.1. The Morgan fingerprint density at radius 1 is 1.26 bits per heavy atom. The van der Waals surface area contributed by atoms with Crippen LogP contribution in [0.5, 0.6) is 5.75 Å². The van der Waals surface area contributed by atoms with Crippen LogP contribution in [0.4, 0.5) is 15.8 Å². The van der Waals surface area contributed by atoms with E-state index in [0.29, 0.717) is 17.1 Å². The number of anilines is 2. The zero-order valence-corrected chi connectivity index (χ0v) is 10.2. The van der Waals surface area contributed by atoms with Crippen LogP contribution in [0.1, 0.15) is 10.4 Å². The van der Waals surface area contributed by atoms with Crippen LogP contribution in [0, 0.1) is 5.82 Å². The summed E-state index contributed by atoms with van der Waals surface area (Å²) in [5, 5.41) is 12.0. The van der Waals surface area contributed by atoms with Gasteiger partial charge in [0.05, 0.1) is 18.4 Å². The second-order valence-corrected chi connectivity index (χ2v) is 3.85. The van der Waals surface area contributed by atoms with Crippen LogP contribution >= 0.6 is 0 Å². The van der Waals surface area contributed by atoms with Gasteiger partial charge in [-0.25, -0.2) is 9.18 Å². The molecule has 0 aromatic heterocycles. The van der Waals surface area contributed by atoms with Gasteiger partial charge in [0.2, 0.25) is 0 Å². The first-order valence-electron chi connectivity index (χ1n) is 5.54. The first-order valence-corrected chi connectivity index (χ1v) is 5.54. The molecule has 2 N–H and O–H groups in total. The van der Waals surface area contributed by atoms with Crippen molar-refractivity contribution in [2.24, 2.45) is 0 Å². The average molecular weight is 261 g/mol. The number of aromatic carboxylic acids is 1. The highest BCUT2D eigenvalue weighted by Crippen LogP contribution is 2.24. The minimum atomic E-state index is -1.19. The van der Waals surface area contributed by atoms with E-state index in [9.17, 15) is 9.18 Å². The zero-order chi connectivity index (χ0) is 13.8. The van der Waals surface area contributed by atoms with Gasteiger partial charge >= 0.3 is 5.97 Å². The molecule has 0 aliphatic carbocycles. The molecule has 4 nitrogen and oxygen atoms in total. The van der Waals surface area contributed by atoms with E-state index in [4.69, 9.17) is 9.84 Å². The van der Waals surface area contributed by atoms with E-state index in [1.54, 1.807) is 31.4 Å². The van der Waals surface area contributed by atoms with E-state index in [1.165, 1.54) is 12.1 Å². The summed E-state index contributed by atoms with van der Waals surface area (Å²) in [5.41, 5.74) is 0.860. The second-order valence-electron chi connectivity index (χ2n) is 3.85. The molecular formula is C14H12FNO3. The lowest BCUT2D eigenvalue weighted by atomic mass is 10.1. The van der Waals surface area contributed by atoms with Crippen molar-refractivity contribution >= 4 is 17.3 Å². The smallest absolute Gasteiger partial charge is 0.337 e. The molecule has 0 bridgehead atoms. The number of carbonyl (C=O) groups is 1. The van der Waals surface area contributed by atoms with Gasteiger partial charge in [-0.15, -0.1) is 0 Å². The molecule has 2 aromatic carbocycles. The molecule has 5 heteroatoms. The molecule has 0 aliphatic heterocycles. The molecule has 98 valence electrons. The second kappa shape index (κ2) is 5.39. The highest BCUT2D eigenvalue weighted by Gasteiger charge is 2.11. The van der Waals surface area contributed by atoms with Crippen molar-refractivity contribution in [1.29, 1.82) is 0 Å². The van der Waals surface area contributed by atoms with Crippen molar-refractivity contribution in [3.63, 3.8) is 0 Å². The lowest BCUT2D eigenvalue weighted by Crippen LogP contribution is -2.03. The van der Waals surface area contributed by atoms with Gasteiger partial charge in [-0.1, -0.05) is 6.07 Å². The number of ether oxygens (including phenoxy) is 1. The summed E-state index contributed by atoms with van der Waals surface area (Å²) in [4.78, 5) is 11.1. The molecular weight excluding hydrogens is 249 g/mol. The van der Waals surface area contributed by atoms with E-state index < -0.39 is 11.8 Å². The van der Waals surface area contributed by atoms with E-state index in [1.807, 2.05) is 0 Å². The van der Waals surface area contributed by atoms with Crippen LogP contribution in [-0.2, 0) is 0 Å². The minimum Gasteiger partial charge on any atom is -0.497 e. The zero-order valence-electron chi connectivity index (χ0n) is 10.2. The largest absolute Gasteiger partial charge is 0.497 e. The molecule has 0 radical (unpaired) electrons. The molecule has 19 heavy (non-hydrogen) atoms. The Morgan fingerprint density at radius 3 is 2.74 bits per heavy atom. The van der Waals surface area contributed by atoms with Crippen molar-refractivity contribution in [2.45, 2.75) is 0 Å². The Kier molecular flexibility index (Phi) is 3.66. The van der Waals surface area contributed by atoms with Gasteiger partial charge < -0.3 is 15.2 Å². The van der Waals surface area contributed by atoms with E-state index >= 15 is 0 Å². The lowest BCUT2D eigenvalue weighted by molar-refractivity contribution is 0.0697. The summed E-state index contributed by atoms with van der Waals surface area (Å²) in [7, 11) is 1.54. The van der Waals surface area contributed by atoms with Crippen LogP contribution < -0.4 is 10.1 Å². The van der Waals surface area contributed by atoms with Crippen molar-refractivity contribution in [2.75, 3.05) is 12.4 Å². The predicted octanol–water partition coefficient (Wildman–Crippen LogP) is 3.28. The van der Waals surface area contributed by atoms with Gasteiger partial charge in [-0.05, 0) is 30.3 Å². The Morgan fingerprint density at radius 2 is 2.05 bits per heavy atom. The summed E-state index contributed by atoms with van der Waals surface area (Å²) in [6, 6.07) is 10.6. The molecule has 0 unspecified atom stereocenters. The number of hydrogen-bond acceptors (Lipinski definition) is 3. The first-order chi connectivity index (χ1) is 9.10. The summed E-state index contributed by atoms with van der Waals surface area (Å²) in [6.07, 6.45) is 0. The van der Waals surface area contributed by atoms with Gasteiger partial charge in [0.1, 0.15) is 11.6 Å². The van der Waals surface area contributed by atoms with Gasteiger partial charge in [0, 0.05) is 11.8 Å². The van der Waals surface area contributed by atoms with Crippen LogP contribution in [0.3, 0.4) is 0 Å². The van der Waals surface area contributed by atoms with Gasteiger partial charge in [-0.3, -0.25) is 0 Å². The first kappa shape index (κ1) is 12.9. The third kappa shape index (κ3) is 3.01. The molecule has 0 saturated carbocycles. The van der Waals surface area contributed by atoms with Crippen molar-refractivity contribution in [1.82, 2.24) is 0 Å². The summed E-state index contributed by atoms with van der Waals surface area (Å²) < 4.78 is 18.1. The molecule has 2 aromatic rings. The molecule has 0 saturated heterocycles. The molecule has 2 rings (SSSR count). The highest BCUT2D eigenvalue weighted by molar-refractivity contribution is 5.95. The maximum absolute atomic E-state index is 13.1. The van der Waals surface area contributed by atoms with Crippen molar-refractivity contribution < 1.29 is 19.0 Å². The maximum Gasteiger partial charge on any atom is 0.337 e. The molecule has 0 amide bonds. The topological polar surface area (TPSA) is 58.6 Å².